The molecule has 0 spiro atoms. The Bertz CT molecular complexity index is 1560. The van der Waals surface area contributed by atoms with Gasteiger partial charge in [-0.2, -0.15) is 0 Å². The van der Waals surface area contributed by atoms with E-state index in [0.717, 1.165) is 6.07 Å². The second-order valence-corrected chi connectivity index (χ2v) is 9.68. The minimum atomic E-state index is -1.35. The molecule has 202 valence electrons. The van der Waals surface area contributed by atoms with Crippen LogP contribution in [0.4, 0.5) is 10.1 Å². The van der Waals surface area contributed by atoms with E-state index in [-0.39, 0.29) is 22.9 Å². The molecule has 4 aromatic rings. The normalized spacial score (nSPS) is 11.7. The van der Waals surface area contributed by atoms with Crippen molar-refractivity contribution in [3.63, 3.8) is 0 Å². The summed E-state index contributed by atoms with van der Waals surface area (Å²) in [4.78, 5) is 42.5. The summed E-state index contributed by atoms with van der Waals surface area (Å²) in [6.45, 7) is 0. The largest absolute Gasteiger partial charge is 0.496 e. The first kappa shape index (κ1) is 27.5. The highest BCUT2D eigenvalue weighted by molar-refractivity contribution is 7.21. The van der Waals surface area contributed by atoms with Crippen molar-refractivity contribution in [2.24, 2.45) is 5.73 Å². The molecule has 0 radical (unpaired) electrons. The van der Waals surface area contributed by atoms with E-state index in [1.54, 1.807) is 62.6 Å². The number of nitrogens with zero attached hydrogens (tertiary/aromatic N) is 3. The van der Waals surface area contributed by atoms with Gasteiger partial charge in [0.05, 0.1) is 22.2 Å². The average molecular weight is 552 g/mol. The van der Waals surface area contributed by atoms with Gasteiger partial charge in [0, 0.05) is 50.7 Å². The van der Waals surface area contributed by atoms with Crippen molar-refractivity contribution in [2.45, 2.75) is 5.92 Å². The molecule has 1 atom stereocenters. The first-order valence-electron chi connectivity index (χ1n) is 11.6. The van der Waals surface area contributed by atoms with Crippen LogP contribution >= 0.6 is 11.3 Å². The van der Waals surface area contributed by atoms with Crippen LogP contribution in [0.2, 0.25) is 0 Å². The van der Waals surface area contributed by atoms with Gasteiger partial charge in [0.15, 0.2) is 11.6 Å². The van der Waals surface area contributed by atoms with E-state index in [1.165, 1.54) is 41.8 Å². The molecule has 2 heterocycles. The molecule has 3 amide bonds. The number of fused-ring (bicyclic) bond motifs is 1. The van der Waals surface area contributed by atoms with Crippen LogP contribution < -0.4 is 20.5 Å². The fourth-order valence-corrected chi connectivity index (χ4v) is 4.80. The van der Waals surface area contributed by atoms with Crippen LogP contribution in [0.15, 0.2) is 60.8 Å². The highest BCUT2D eigenvalue weighted by Gasteiger charge is 2.29. The molecular formula is C27H26FN5O5S. The van der Waals surface area contributed by atoms with Gasteiger partial charge in [-0.05, 0) is 24.3 Å². The molecule has 2 aromatic carbocycles. The molecule has 0 saturated carbocycles. The lowest BCUT2D eigenvalue weighted by atomic mass is 9.96. The Morgan fingerprint density at radius 1 is 1.03 bits per heavy atom. The molecule has 10 nitrogen and oxygen atoms in total. The van der Waals surface area contributed by atoms with E-state index in [1.807, 2.05) is 0 Å². The number of ether oxygens (including phenoxy) is 2. The van der Waals surface area contributed by atoms with Crippen LogP contribution in [-0.4, -0.2) is 61.0 Å². The molecule has 0 bridgehead atoms. The molecule has 0 saturated heterocycles. The predicted molar refractivity (Wildman–Crippen MR) is 145 cm³/mol. The van der Waals surface area contributed by atoms with Crippen molar-refractivity contribution in [1.82, 2.24) is 15.0 Å². The standard InChI is InChI=1S/C27H26FN5O5S/c1-32(2)33(3)27(36)22-14-18-24(39-22)21(11-12-30-18)38-20-10-9-15(13-17(20)28)31-26(35)23(25(29)34)16-7-5-6-8-19(16)37-4/h5-14,23H,1-4H3,(H2,29,34)(H,31,35). The van der Waals surface area contributed by atoms with Gasteiger partial charge < -0.3 is 20.5 Å². The third kappa shape index (κ3) is 5.81. The Morgan fingerprint density at radius 2 is 1.77 bits per heavy atom. The number of aromatic nitrogens is 1. The van der Waals surface area contributed by atoms with Crippen molar-refractivity contribution in [3.8, 4) is 17.2 Å². The number of hydrogen-bond acceptors (Lipinski definition) is 8. The number of benzene rings is 2. The van der Waals surface area contributed by atoms with Crippen molar-refractivity contribution >= 4 is 45.0 Å². The number of nitrogens with two attached hydrogens (primary N) is 1. The van der Waals surface area contributed by atoms with Crippen LogP contribution in [0, 0.1) is 5.82 Å². The van der Waals surface area contributed by atoms with E-state index >= 15 is 4.39 Å². The molecule has 0 aliphatic carbocycles. The zero-order chi connectivity index (χ0) is 28.3. The SMILES string of the molecule is COc1ccccc1C(C(N)=O)C(=O)Nc1ccc(Oc2ccnc3cc(C(=O)N(C)N(C)C)sc23)c(F)c1. The summed E-state index contributed by atoms with van der Waals surface area (Å²) in [7, 11) is 6.56. The number of anilines is 1. The third-order valence-corrected chi connectivity index (χ3v) is 7.02. The van der Waals surface area contributed by atoms with Gasteiger partial charge in [0.2, 0.25) is 11.8 Å². The number of hydrazine groups is 1. The quantitative estimate of drug-likeness (QED) is 0.238. The molecule has 0 aliphatic rings. The number of halogens is 1. The Balaban J connectivity index is 1.56. The molecule has 4 rings (SSSR count). The number of hydrogen-bond donors (Lipinski definition) is 2. The first-order chi connectivity index (χ1) is 18.6. The van der Waals surface area contributed by atoms with Crippen LogP contribution in [-0.2, 0) is 9.59 Å². The monoisotopic (exact) mass is 551 g/mol. The van der Waals surface area contributed by atoms with Gasteiger partial charge in [0.1, 0.15) is 17.4 Å². The van der Waals surface area contributed by atoms with Gasteiger partial charge in [-0.3, -0.25) is 24.4 Å². The number of para-hydroxylation sites is 1. The Hall–Kier alpha value is -4.55. The van der Waals surface area contributed by atoms with Crippen molar-refractivity contribution < 1.29 is 28.2 Å². The van der Waals surface area contributed by atoms with Gasteiger partial charge in [-0.1, -0.05) is 18.2 Å². The summed E-state index contributed by atoms with van der Waals surface area (Å²) in [6.07, 6.45) is 1.50. The summed E-state index contributed by atoms with van der Waals surface area (Å²) in [6, 6.07) is 13.6. The van der Waals surface area contributed by atoms with Crippen molar-refractivity contribution in [2.75, 3.05) is 33.6 Å². The molecule has 12 heteroatoms. The van der Waals surface area contributed by atoms with E-state index < -0.39 is 23.5 Å². The fraction of sp³-hybridized carbons (Fsp3) is 0.185. The van der Waals surface area contributed by atoms with Crippen molar-refractivity contribution in [1.29, 1.82) is 0 Å². The van der Waals surface area contributed by atoms with Gasteiger partial charge in [-0.25, -0.2) is 9.40 Å². The number of methoxy groups -OCH3 is 1. The zero-order valence-corrected chi connectivity index (χ0v) is 22.4. The molecular weight excluding hydrogens is 525 g/mol. The second-order valence-electron chi connectivity index (χ2n) is 8.62. The number of primary amides is 1. The Labute approximate surface area is 227 Å². The van der Waals surface area contributed by atoms with Crippen LogP contribution in [0.25, 0.3) is 10.2 Å². The van der Waals surface area contributed by atoms with Crippen LogP contribution in [0.3, 0.4) is 0 Å². The Kier molecular flexibility index (Phi) is 8.07. The number of rotatable bonds is 9. The van der Waals surface area contributed by atoms with Crippen molar-refractivity contribution in [3.05, 3.63) is 77.1 Å². The molecule has 3 N–H and O–H groups in total. The molecule has 1 unspecified atom stereocenters. The average Bonchev–Trinajstić information content (AvgIpc) is 3.35. The Morgan fingerprint density at radius 3 is 2.44 bits per heavy atom. The van der Waals surface area contributed by atoms with Crippen LogP contribution in [0.5, 0.6) is 17.2 Å². The third-order valence-electron chi connectivity index (χ3n) is 5.90. The maximum Gasteiger partial charge on any atom is 0.278 e. The zero-order valence-electron chi connectivity index (χ0n) is 21.6. The van der Waals surface area contributed by atoms with Gasteiger partial charge >= 0.3 is 0 Å². The lowest BCUT2D eigenvalue weighted by Crippen LogP contribution is -2.38. The van der Waals surface area contributed by atoms with Gasteiger partial charge in [-0.15, -0.1) is 11.3 Å². The highest BCUT2D eigenvalue weighted by Crippen LogP contribution is 2.37. The van der Waals surface area contributed by atoms with E-state index in [2.05, 4.69) is 10.3 Å². The lowest BCUT2D eigenvalue weighted by molar-refractivity contribution is -0.127. The minimum Gasteiger partial charge on any atom is -0.496 e. The summed E-state index contributed by atoms with van der Waals surface area (Å²) < 4.78 is 26.7. The number of pyridine rings is 1. The maximum absolute atomic E-state index is 15.0. The molecule has 2 aromatic heterocycles. The number of carbonyl (C=O) groups is 3. The topological polar surface area (TPSA) is 127 Å². The second kappa shape index (κ2) is 11.5. The maximum atomic E-state index is 15.0. The van der Waals surface area contributed by atoms with E-state index in [4.69, 9.17) is 15.2 Å². The fourth-order valence-electron chi connectivity index (χ4n) is 3.76. The number of carbonyl (C=O) groups excluding carboxylic acids is 3. The molecule has 0 aliphatic heterocycles. The van der Waals surface area contributed by atoms with E-state index in [9.17, 15) is 14.4 Å². The van der Waals surface area contributed by atoms with E-state index in [0.29, 0.717) is 26.6 Å². The summed E-state index contributed by atoms with van der Waals surface area (Å²) in [5, 5.41) is 5.63. The lowest BCUT2D eigenvalue weighted by Gasteiger charge is -2.23. The predicted octanol–water partition coefficient (Wildman–Crippen LogP) is 3.99. The van der Waals surface area contributed by atoms with Gasteiger partial charge in [0.25, 0.3) is 5.91 Å². The number of amides is 3. The first-order valence-corrected chi connectivity index (χ1v) is 12.5. The summed E-state index contributed by atoms with van der Waals surface area (Å²) >= 11 is 1.18. The molecule has 0 fully saturated rings. The van der Waals surface area contributed by atoms with Crippen LogP contribution in [0.1, 0.15) is 21.2 Å². The summed E-state index contributed by atoms with van der Waals surface area (Å²) in [5.41, 5.74) is 6.43. The number of nitrogens with one attached hydrogen (secondary N) is 1. The minimum absolute atomic E-state index is 0.0987. The summed E-state index contributed by atoms with van der Waals surface area (Å²) in [5.74, 6) is -3.43. The number of thiophene rings is 1. The highest BCUT2D eigenvalue weighted by atomic mass is 32.1. The molecule has 39 heavy (non-hydrogen) atoms. The smallest absolute Gasteiger partial charge is 0.278 e.